The molecule has 0 aliphatic carbocycles. The van der Waals surface area contributed by atoms with Crippen LogP contribution in [0.4, 0.5) is 14.7 Å². The lowest BCUT2D eigenvalue weighted by Crippen LogP contribution is -2.55. The molecule has 0 radical (unpaired) electrons. The van der Waals surface area contributed by atoms with Crippen LogP contribution >= 0.6 is 11.6 Å². The molecule has 2 aromatic heterocycles. The second-order valence-corrected chi connectivity index (χ2v) is 8.86. The molecule has 8 heteroatoms. The van der Waals surface area contributed by atoms with Crippen LogP contribution in [-0.2, 0) is 6.54 Å². The number of likely N-dealkylation sites (tertiary alicyclic amines) is 1. The van der Waals surface area contributed by atoms with E-state index in [4.69, 9.17) is 16.6 Å². The molecule has 0 amide bonds. The van der Waals surface area contributed by atoms with Gasteiger partial charge < -0.3 is 5.32 Å². The fraction of sp³-hybridized carbons (Fsp3) is 0.375. The topological polar surface area (TPSA) is 53.9 Å². The zero-order valence-electron chi connectivity index (χ0n) is 18.1. The average Bonchev–Trinajstić information content (AvgIpc) is 2.74. The largest absolute Gasteiger partial charge is 0.353 e. The van der Waals surface area contributed by atoms with E-state index in [2.05, 4.69) is 15.3 Å². The third kappa shape index (κ3) is 5.40. The summed E-state index contributed by atoms with van der Waals surface area (Å²) in [6.07, 6.45) is 2.87. The van der Waals surface area contributed by atoms with Crippen molar-refractivity contribution in [3.8, 4) is 11.1 Å². The minimum Gasteiger partial charge on any atom is -0.353 e. The molecule has 5 nitrogen and oxygen atoms in total. The highest BCUT2D eigenvalue weighted by atomic mass is 35.5. The van der Waals surface area contributed by atoms with Crippen molar-refractivity contribution in [2.24, 2.45) is 5.92 Å². The molecule has 1 aliphatic rings. The van der Waals surface area contributed by atoms with Crippen LogP contribution in [0.1, 0.15) is 24.7 Å². The molecule has 1 aromatic carbocycles. The van der Waals surface area contributed by atoms with Crippen LogP contribution in [0.3, 0.4) is 0 Å². The van der Waals surface area contributed by atoms with Crippen molar-refractivity contribution >= 4 is 17.5 Å². The Hall–Kier alpha value is -2.64. The van der Waals surface area contributed by atoms with Crippen molar-refractivity contribution in [3.63, 3.8) is 0 Å². The number of nitrogens with one attached hydrogen (secondary N) is 1. The first-order chi connectivity index (χ1) is 15.3. The van der Waals surface area contributed by atoms with Crippen molar-refractivity contribution in [3.05, 3.63) is 71.3 Å². The van der Waals surface area contributed by atoms with Gasteiger partial charge in [-0.15, -0.1) is 0 Å². The maximum absolute atomic E-state index is 14.6. The van der Waals surface area contributed by atoms with Crippen molar-refractivity contribution in [2.75, 3.05) is 18.4 Å². The average molecular weight is 458 g/mol. The number of alkyl halides is 2. The third-order valence-corrected chi connectivity index (χ3v) is 6.02. The number of rotatable bonds is 6. The summed E-state index contributed by atoms with van der Waals surface area (Å²) in [6, 6.07) is 13.8. The fourth-order valence-electron chi connectivity index (χ4n) is 4.35. The predicted octanol–water partition coefficient (Wildman–Crippen LogP) is 5.46. The van der Waals surface area contributed by atoms with Gasteiger partial charge in [0.2, 0.25) is 5.95 Å². The fourth-order valence-corrected chi connectivity index (χ4v) is 4.45. The highest BCUT2D eigenvalue weighted by molar-refractivity contribution is 6.30. The Labute approximate surface area is 191 Å². The molecular weight excluding hydrogens is 432 g/mol. The number of benzene rings is 1. The van der Waals surface area contributed by atoms with E-state index in [9.17, 15) is 8.78 Å². The summed E-state index contributed by atoms with van der Waals surface area (Å²) in [5, 5.41) is 3.63. The Balaban J connectivity index is 1.60. The minimum atomic E-state index is -2.75. The first-order valence-electron chi connectivity index (χ1n) is 10.7. The molecule has 1 unspecified atom stereocenters. The lowest BCUT2D eigenvalue weighted by molar-refractivity contribution is -0.104. The van der Waals surface area contributed by atoms with Crippen LogP contribution in [0.2, 0.25) is 5.02 Å². The number of anilines is 1. The predicted molar refractivity (Wildman–Crippen MR) is 123 cm³/mol. The number of pyridine rings is 1. The van der Waals surface area contributed by atoms with Crippen molar-refractivity contribution in [1.29, 1.82) is 0 Å². The number of aryl methyl sites for hydroxylation is 1. The van der Waals surface area contributed by atoms with E-state index in [1.54, 1.807) is 0 Å². The maximum Gasteiger partial charge on any atom is 0.260 e. The lowest BCUT2D eigenvalue weighted by atomic mass is 9.88. The Morgan fingerprint density at radius 3 is 2.56 bits per heavy atom. The van der Waals surface area contributed by atoms with Gasteiger partial charge in [-0.1, -0.05) is 54.9 Å². The number of halogens is 3. The Morgan fingerprint density at radius 2 is 1.84 bits per heavy atom. The van der Waals surface area contributed by atoms with E-state index in [-0.39, 0.29) is 24.9 Å². The maximum atomic E-state index is 14.6. The van der Waals surface area contributed by atoms with Crippen LogP contribution < -0.4 is 5.32 Å². The molecular formula is C24H26ClF2N5. The standard InChI is InChI=1S/C24H26ClF2N5/c1-16-10-24(26,27)15-32(22(16)13-30-23-28-11-19(25)12-29-23)14-21-20(9-8-17(2)31-21)18-6-4-3-5-7-18/h3-9,11-12,16,22H,10,13-15H2,1-2H3,(H,28,29,30)/t16-,22?/m1/s1. The van der Waals surface area contributed by atoms with Gasteiger partial charge in [-0.3, -0.25) is 9.88 Å². The Bertz CT molecular complexity index is 1050. The molecule has 0 spiro atoms. The van der Waals surface area contributed by atoms with Gasteiger partial charge in [-0.25, -0.2) is 18.7 Å². The van der Waals surface area contributed by atoms with Crippen LogP contribution in [0.25, 0.3) is 11.1 Å². The van der Waals surface area contributed by atoms with Crippen molar-refractivity contribution < 1.29 is 8.78 Å². The molecule has 1 aliphatic heterocycles. The highest BCUT2D eigenvalue weighted by Crippen LogP contribution is 2.36. The van der Waals surface area contributed by atoms with Gasteiger partial charge in [0.15, 0.2) is 0 Å². The van der Waals surface area contributed by atoms with Crippen LogP contribution in [0.15, 0.2) is 54.9 Å². The molecule has 2 atom stereocenters. The Kier molecular flexibility index (Phi) is 6.67. The van der Waals surface area contributed by atoms with Gasteiger partial charge in [-0.2, -0.15) is 0 Å². The van der Waals surface area contributed by atoms with Gasteiger partial charge in [0, 0.05) is 36.8 Å². The quantitative estimate of drug-likeness (QED) is 0.532. The first kappa shape index (κ1) is 22.6. The summed E-state index contributed by atoms with van der Waals surface area (Å²) in [7, 11) is 0. The van der Waals surface area contributed by atoms with E-state index in [1.807, 2.05) is 61.2 Å². The molecule has 1 fully saturated rings. The van der Waals surface area contributed by atoms with Gasteiger partial charge in [0.1, 0.15) is 0 Å². The highest BCUT2D eigenvalue weighted by Gasteiger charge is 2.44. The number of hydrogen-bond acceptors (Lipinski definition) is 5. The zero-order valence-corrected chi connectivity index (χ0v) is 18.9. The molecule has 1 saturated heterocycles. The van der Waals surface area contributed by atoms with Gasteiger partial charge >= 0.3 is 0 Å². The summed E-state index contributed by atoms with van der Waals surface area (Å²) in [6.45, 7) is 4.26. The molecule has 168 valence electrons. The summed E-state index contributed by atoms with van der Waals surface area (Å²) in [4.78, 5) is 14.9. The second-order valence-electron chi connectivity index (χ2n) is 8.43. The first-order valence-corrected chi connectivity index (χ1v) is 11.0. The molecule has 4 rings (SSSR count). The summed E-state index contributed by atoms with van der Waals surface area (Å²) < 4.78 is 29.1. The number of piperidine rings is 1. The second kappa shape index (κ2) is 9.46. The minimum absolute atomic E-state index is 0.125. The van der Waals surface area contributed by atoms with E-state index >= 15 is 0 Å². The van der Waals surface area contributed by atoms with Crippen LogP contribution in [0.5, 0.6) is 0 Å². The summed E-state index contributed by atoms with van der Waals surface area (Å²) in [5.41, 5.74) is 3.65. The molecule has 3 heterocycles. The van der Waals surface area contributed by atoms with Crippen molar-refractivity contribution in [2.45, 2.75) is 38.8 Å². The van der Waals surface area contributed by atoms with E-state index in [1.165, 1.54) is 12.4 Å². The molecule has 3 aromatic rings. The lowest BCUT2D eigenvalue weighted by Gasteiger charge is -2.43. The van der Waals surface area contributed by atoms with Crippen LogP contribution in [-0.4, -0.2) is 44.9 Å². The SMILES string of the molecule is Cc1ccc(-c2ccccc2)c(CN2CC(F)(F)C[C@@H](C)C2CNc2ncc(Cl)cn2)n1. The zero-order chi connectivity index (χ0) is 22.7. The van der Waals surface area contributed by atoms with E-state index in [0.29, 0.717) is 24.1 Å². The molecule has 0 bridgehead atoms. The van der Waals surface area contributed by atoms with E-state index < -0.39 is 5.92 Å². The normalized spacial score (nSPS) is 20.8. The van der Waals surface area contributed by atoms with Crippen LogP contribution in [0, 0.1) is 12.8 Å². The summed E-state index contributed by atoms with van der Waals surface area (Å²) >= 11 is 5.86. The Morgan fingerprint density at radius 1 is 1.12 bits per heavy atom. The number of hydrogen-bond donors (Lipinski definition) is 1. The van der Waals surface area contributed by atoms with Crippen molar-refractivity contribution in [1.82, 2.24) is 19.9 Å². The van der Waals surface area contributed by atoms with Gasteiger partial charge in [0.05, 0.1) is 29.7 Å². The number of nitrogens with zero attached hydrogens (tertiary/aromatic N) is 4. The van der Waals surface area contributed by atoms with E-state index in [0.717, 1.165) is 22.5 Å². The van der Waals surface area contributed by atoms with Gasteiger partial charge in [0.25, 0.3) is 5.92 Å². The smallest absolute Gasteiger partial charge is 0.260 e. The van der Waals surface area contributed by atoms with Gasteiger partial charge in [-0.05, 0) is 24.5 Å². The molecule has 0 saturated carbocycles. The summed E-state index contributed by atoms with van der Waals surface area (Å²) in [5.74, 6) is -2.54. The monoisotopic (exact) mass is 457 g/mol. The molecule has 1 N–H and O–H groups in total. The third-order valence-electron chi connectivity index (χ3n) is 5.82. The number of aromatic nitrogens is 3. The molecule has 32 heavy (non-hydrogen) atoms.